The van der Waals surface area contributed by atoms with Crippen LogP contribution in [0.5, 0.6) is 0 Å². The van der Waals surface area contributed by atoms with Gasteiger partial charge in [-0.1, -0.05) is 0 Å². The second-order valence-electron chi connectivity index (χ2n) is 3.19. The zero-order chi connectivity index (χ0) is 13.2. The maximum Gasteiger partial charge on any atom is 0.338 e. The first kappa shape index (κ1) is 13.0. The van der Waals surface area contributed by atoms with E-state index in [1.807, 2.05) is 0 Å². The highest BCUT2D eigenvalue weighted by molar-refractivity contribution is 5.88. The second kappa shape index (κ2) is 4.85. The molecule has 7 nitrogen and oxygen atoms in total. The molecular weight excluding hydrogens is 235 g/mol. The average Bonchev–Trinajstić information content (AvgIpc) is 2.27. The molecule has 1 aromatic heterocycles. The van der Waals surface area contributed by atoms with E-state index >= 15 is 0 Å². The predicted octanol–water partition coefficient (Wildman–Crippen LogP) is -1.20. The third kappa shape index (κ3) is 2.74. The van der Waals surface area contributed by atoms with E-state index < -0.39 is 35.5 Å². The zero-order valence-electron chi connectivity index (χ0n) is 8.37. The number of nitrogens with zero attached hydrogens (tertiary/aromatic N) is 1. The van der Waals surface area contributed by atoms with E-state index in [9.17, 15) is 19.1 Å². The molecule has 8 heteroatoms. The van der Waals surface area contributed by atoms with E-state index in [2.05, 4.69) is 4.98 Å². The molecule has 92 valence electrons. The topological polar surface area (TPSA) is 134 Å². The van der Waals surface area contributed by atoms with Gasteiger partial charge in [-0.25, -0.2) is 9.18 Å². The summed E-state index contributed by atoms with van der Waals surface area (Å²) in [5, 5.41) is 27.2. The van der Waals surface area contributed by atoms with Crippen molar-refractivity contribution in [3.8, 4) is 0 Å². The summed E-state index contributed by atoms with van der Waals surface area (Å²) in [6.07, 6.45) is -3.20. The van der Waals surface area contributed by atoms with E-state index in [0.717, 1.165) is 0 Å². The normalized spacial score (nSPS) is 14.1. The average molecular weight is 244 g/mol. The van der Waals surface area contributed by atoms with Crippen molar-refractivity contribution in [2.75, 3.05) is 0 Å². The summed E-state index contributed by atoms with van der Waals surface area (Å²) < 4.78 is 13.0. The van der Waals surface area contributed by atoms with Crippen molar-refractivity contribution in [2.24, 2.45) is 5.73 Å². The minimum Gasteiger partial charge on any atom is -0.478 e. The van der Waals surface area contributed by atoms with Gasteiger partial charge in [-0.05, 0) is 6.07 Å². The van der Waals surface area contributed by atoms with Crippen molar-refractivity contribution in [3.63, 3.8) is 0 Å². The third-order valence-corrected chi connectivity index (χ3v) is 2.00. The number of rotatable bonds is 4. The largest absolute Gasteiger partial charge is 0.478 e. The Bertz CT molecular complexity index is 465. The molecule has 5 N–H and O–H groups in total. The van der Waals surface area contributed by atoms with Crippen molar-refractivity contribution >= 4 is 11.9 Å². The maximum absolute atomic E-state index is 13.0. The van der Waals surface area contributed by atoms with Crippen LogP contribution < -0.4 is 5.73 Å². The molecule has 17 heavy (non-hydrogen) atoms. The molecule has 0 radical (unpaired) electrons. The number of pyridine rings is 1. The van der Waals surface area contributed by atoms with E-state index in [1.165, 1.54) is 0 Å². The highest BCUT2D eigenvalue weighted by Gasteiger charge is 2.26. The molecule has 1 amide bonds. The number of halogens is 1. The number of hydrogen-bond donors (Lipinski definition) is 4. The Labute approximate surface area is 94.3 Å². The standard InChI is InChI=1S/C9H9FN2O5/c10-4-2-12-5(1-3(4)9(16)17)6(13)7(14)8(11)15/h1-2,6-7,13-14H,(H2,11,15)(H,16,17). The molecule has 0 aromatic carbocycles. The van der Waals surface area contributed by atoms with E-state index in [-0.39, 0.29) is 5.69 Å². The highest BCUT2D eigenvalue weighted by Crippen LogP contribution is 2.17. The van der Waals surface area contributed by atoms with Crippen LogP contribution in [0.25, 0.3) is 0 Å². The van der Waals surface area contributed by atoms with Crippen molar-refractivity contribution in [1.82, 2.24) is 4.98 Å². The van der Waals surface area contributed by atoms with Crippen LogP contribution in [0, 0.1) is 5.82 Å². The summed E-state index contributed by atoms with van der Waals surface area (Å²) >= 11 is 0. The summed E-state index contributed by atoms with van der Waals surface area (Å²) in [6.45, 7) is 0. The molecule has 0 aliphatic rings. The monoisotopic (exact) mass is 244 g/mol. The van der Waals surface area contributed by atoms with Gasteiger partial charge in [-0.2, -0.15) is 0 Å². The Morgan fingerprint density at radius 2 is 2.00 bits per heavy atom. The molecule has 2 atom stereocenters. The number of hydrogen-bond acceptors (Lipinski definition) is 5. The number of aliphatic hydroxyl groups excluding tert-OH is 2. The van der Waals surface area contributed by atoms with Gasteiger partial charge in [0, 0.05) is 0 Å². The fourth-order valence-corrected chi connectivity index (χ4v) is 1.10. The summed E-state index contributed by atoms with van der Waals surface area (Å²) in [6, 6.07) is 0.717. The number of nitrogens with two attached hydrogens (primary N) is 1. The Morgan fingerprint density at radius 1 is 1.41 bits per heavy atom. The van der Waals surface area contributed by atoms with Crippen LogP contribution in [-0.2, 0) is 4.79 Å². The lowest BCUT2D eigenvalue weighted by atomic mass is 10.1. The molecule has 0 bridgehead atoms. The highest BCUT2D eigenvalue weighted by atomic mass is 19.1. The first-order valence-corrected chi connectivity index (χ1v) is 4.38. The molecule has 0 aliphatic heterocycles. The van der Waals surface area contributed by atoms with Crippen LogP contribution in [0.1, 0.15) is 22.2 Å². The third-order valence-electron chi connectivity index (χ3n) is 2.00. The number of carbonyl (C=O) groups is 2. The predicted molar refractivity (Wildman–Crippen MR) is 51.3 cm³/mol. The van der Waals surface area contributed by atoms with Crippen molar-refractivity contribution in [3.05, 3.63) is 29.3 Å². The quantitative estimate of drug-likeness (QED) is 0.525. The lowest BCUT2D eigenvalue weighted by Crippen LogP contribution is -2.34. The molecule has 2 unspecified atom stereocenters. The van der Waals surface area contributed by atoms with Gasteiger partial charge in [0.25, 0.3) is 0 Å². The molecule has 0 aliphatic carbocycles. The van der Waals surface area contributed by atoms with Crippen molar-refractivity contribution in [2.45, 2.75) is 12.2 Å². The van der Waals surface area contributed by atoms with Gasteiger partial charge in [0.1, 0.15) is 6.10 Å². The SMILES string of the molecule is NC(=O)C(O)C(O)c1cc(C(=O)O)c(F)cn1. The van der Waals surface area contributed by atoms with Crippen LogP contribution in [-0.4, -0.2) is 38.3 Å². The molecule has 0 saturated carbocycles. The maximum atomic E-state index is 13.0. The smallest absolute Gasteiger partial charge is 0.338 e. The number of amides is 1. The number of primary amides is 1. The second-order valence-corrected chi connectivity index (χ2v) is 3.19. The molecule has 1 aromatic rings. The van der Waals surface area contributed by atoms with Gasteiger partial charge in [0.2, 0.25) is 5.91 Å². The Hall–Kier alpha value is -2.06. The lowest BCUT2D eigenvalue weighted by molar-refractivity contribution is -0.132. The van der Waals surface area contributed by atoms with Crippen LogP contribution in [0.3, 0.4) is 0 Å². The lowest BCUT2D eigenvalue weighted by Gasteiger charge is -2.14. The summed E-state index contributed by atoms with van der Waals surface area (Å²) in [5.41, 5.74) is 3.64. The van der Waals surface area contributed by atoms with Crippen LogP contribution >= 0.6 is 0 Å². The van der Waals surface area contributed by atoms with E-state index in [1.54, 1.807) is 0 Å². The molecule has 0 spiro atoms. The molecule has 0 saturated heterocycles. The molecular formula is C9H9FN2O5. The first-order chi connectivity index (χ1) is 7.84. The number of carbonyl (C=O) groups excluding carboxylic acids is 1. The Balaban J connectivity index is 3.11. The number of aromatic carboxylic acids is 1. The molecule has 1 rings (SSSR count). The van der Waals surface area contributed by atoms with Crippen LogP contribution in [0.2, 0.25) is 0 Å². The fourth-order valence-electron chi connectivity index (χ4n) is 1.10. The summed E-state index contributed by atoms with van der Waals surface area (Å²) in [5.74, 6) is -3.87. The zero-order valence-corrected chi connectivity index (χ0v) is 8.37. The fraction of sp³-hybridized carbons (Fsp3) is 0.222. The summed E-state index contributed by atoms with van der Waals surface area (Å²) in [4.78, 5) is 24.6. The first-order valence-electron chi connectivity index (χ1n) is 4.38. The molecule has 1 heterocycles. The van der Waals surface area contributed by atoms with Gasteiger partial charge >= 0.3 is 5.97 Å². The Kier molecular flexibility index (Phi) is 3.71. The number of carboxylic acid groups (broad SMARTS) is 1. The van der Waals surface area contributed by atoms with E-state index in [4.69, 9.17) is 15.9 Å². The van der Waals surface area contributed by atoms with Crippen molar-refractivity contribution < 1.29 is 29.3 Å². The van der Waals surface area contributed by atoms with Gasteiger partial charge in [0.15, 0.2) is 11.9 Å². The minimum absolute atomic E-state index is 0.366. The van der Waals surface area contributed by atoms with Crippen LogP contribution in [0.15, 0.2) is 12.3 Å². The van der Waals surface area contributed by atoms with Gasteiger partial charge in [-0.3, -0.25) is 9.78 Å². The van der Waals surface area contributed by atoms with Gasteiger partial charge < -0.3 is 21.1 Å². The van der Waals surface area contributed by atoms with E-state index in [0.29, 0.717) is 12.3 Å². The molecule has 0 fully saturated rings. The van der Waals surface area contributed by atoms with Gasteiger partial charge in [0.05, 0.1) is 17.5 Å². The van der Waals surface area contributed by atoms with Gasteiger partial charge in [-0.15, -0.1) is 0 Å². The number of aliphatic hydroxyl groups is 2. The Morgan fingerprint density at radius 3 is 2.47 bits per heavy atom. The summed E-state index contributed by atoms with van der Waals surface area (Å²) in [7, 11) is 0. The number of aromatic nitrogens is 1. The number of carboxylic acids is 1. The van der Waals surface area contributed by atoms with Crippen molar-refractivity contribution in [1.29, 1.82) is 0 Å². The van der Waals surface area contributed by atoms with Crippen LogP contribution in [0.4, 0.5) is 4.39 Å². The minimum atomic E-state index is -1.95.